The Labute approximate surface area is 109 Å². The standard InChI is InChI=1S/C15H23FN2/c1-17-11-12-7-5-6-10-18(2)15(12)13-8-3-4-9-14(13)16/h3-4,8-9,12,15,17H,5-7,10-11H2,1-2H3. The fourth-order valence-electron chi connectivity index (χ4n) is 3.11. The Balaban J connectivity index is 2.31. The molecule has 1 saturated heterocycles. The van der Waals surface area contributed by atoms with Crippen molar-refractivity contribution in [2.75, 3.05) is 27.2 Å². The van der Waals surface area contributed by atoms with Crippen LogP contribution in [0.4, 0.5) is 4.39 Å². The lowest BCUT2D eigenvalue weighted by atomic mass is 9.89. The third-order valence-electron chi connectivity index (χ3n) is 3.95. The molecule has 2 rings (SSSR count). The summed E-state index contributed by atoms with van der Waals surface area (Å²) in [6, 6.07) is 7.41. The molecular formula is C15H23FN2. The number of nitrogens with one attached hydrogen (secondary N) is 1. The van der Waals surface area contributed by atoms with Crippen LogP contribution in [0, 0.1) is 11.7 Å². The molecule has 2 unspecified atom stereocenters. The Kier molecular flexibility index (Phi) is 4.72. The van der Waals surface area contributed by atoms with Crippen LogP contribution in [-0.2, 0) is 0 Å². The predicted octanol–water partition coefficient (Wildman–Crippen LogP) is 2.82. The third-order valence-corrected chi connectivity index (χ3v) is 3.95. The highest BCUT2D eigenvalue weighted by atomic mass is 19.1. The summed E-state index contributed by atoms with van der Waals surface area (Å²) >= 11 is 0. The maximum Gasteiger partial charge on any atom is 0.127 e. The van der Waals surface area contributed by atoms with Gasteiger partial charge < -0.3 is 5.32 Å². The van der Waals surface area contributed by atoms with Gasteiger partial charge in [0, 0.05) is 11.6 Å². The minimum Gasteiger partial charge on any atom is -0.319 e. The summed E-state index contributed by atoms with van der Waals surface area (Å²) in [4.78, 5) is 2.31. The van der Waals surface area contributed by atoms with Gasteiger partial charge in [0.05, 0.1) is 0 Å². The highest BCUT2D eigenvalue weighted by molar-refractivity contribution is 5.22. The molecule has 1 aromatic rings. The van der Waals surface area contributed by atoms with E-state index in [0.717, 1.165) is 18.7 Å². The number of hydrogen-bond acceptors (Lipinski definition) is 2. The number of likely N-dealkylation sites (tertiary alicyclic amines) is 1. The smallest absolute Gasteiger partial charge is 0.127 e. The molecule has 1 aliphatic rings. The molecular weight excluding hydrogens is 227 g/mol. The van der Waals surface area contributed by atoms with Crippen molar-refractivity contribution in [2.45, 2.75) is 25.3 Å². The summed E-state index contributed by atoms with van der Waals surface area (Å²) in [5, 5.41) is 3.26. The molecule has 100 valence electrons. The van der Waals surface area contributed by atoms with E-state index in [0.29, 0.717) is 5.92 Å². The van der Waals surface area contributed by atoms with Gasteiger partial charge in [-0.05, 0) is 52.0 Å². The number of benzene rings is 1. The second-order valence-electron chi connectivity index (χ2n) is 5.26. The van der Waals surface area contributed by atoms with Gasteiger partial charge in [0.15, 0.2) is 0 Å². The van der Waals surface area contributed by atoms with E-state index in [2.05, 4.69) is 17.3 Å². The van der Waals surface area contributed by atoms with Crippen LogP contribution in [0.15, 0.2) is 24.3 Å². The second kappa shape index (κ2) is 6.30. The lowest BCUT2D eigenvalue weighted by Gasteiger charge is -2.33. The van der Waals surface area contributed by atoms with Crippen molar-refractivity contribution in [1.29, 1.82) is 0 Å². The fraction of sp³-hybridized carbons (Fsp3) is 0.600. The molecule has 1 N–H and O–H groups in total. The van der Waals surface area contributed by atoms with Gasteiger partial charge in [-0.3, -0.25) is 4.90 Å². The van der Waals surface area contributed by atoms with Crippen molar-refractivity contribution in [3.8, 4) is 0 Å². The quantitative estimate of drug-likeness (QED) is 0.887. The highest BCUT2D eigenvalue weighted by Crippen LogP contribution is 2.34. The molecule has 0 aliphatic carbocycles. The Bertz CT molecular complexity index is 381. The summed E-state index contributed by atoms with van der Waals surface area (Å²) in [6.45, 7) is 2.00. The summed E-state index contributed by atoms with van der Waals surface area (Å²) in [6.07, 6.45) is 3.62. The Hall–Kier alpha value is -0.930. The lowest BCUT2D eigenvalue weighted by molar-refractivity contribution is 0.186. The van der Waals surface area contributed by atoms with Gasteiger partial charge in [-0.25, -0.2) is 4.39 Å². The topological polar surface area (TPSA) is 15.3 Å². The summed E-state index contributed by atoms with van der Waals surface area (Å²) < 4.78 is 14.0. The number of hydrogen-bond donors (Lipinski definition) is 1. The molecule has 2 atom stereocenters. The van der Waals surface area contributed by atoms with Gasteiger partial charge in [0.25, 0.3) is 0 Å². The minimum absolute atomic E-state index is 0.0719. The summed E-state index contributed by atoms with van der Waals surface area (Å²) in [5.74, 6) is 0.414. The van der Waals surface area contributed by atoms with E-state index in [1.54, 1.807) is 12.1 Å². The SMILES string of the molecule is CNCC1CCCCN(C)C1c1ccccc1F. The first-order chi connectivity index (χ1) is 8.74. The number of nitrogens with zero attached hydrogens (tertiary/aromatic N) is 1. The monoisotopic (exact) mass is 250 g/mol. The van der Waals surface area contributed by atoms with E-state index in [1.165, 1.54) is 19.3 Å². The Morgan fingerprint density at radius 3 is 2.83 bits per heavy atom. The van der Waals surface area contributed by atoms with Crippen molar-refractivity contribution in [2.24, 2.45) is 5.92 Å². The number of halogens is 1. The van der Waals surface area contributed by atoms with Crippen LogP contribution in [0.1, 0.15) is 30.9 Å². The summed E-state index contributed by atoms with van der Waals surface area (Å²) in [5.41, 5.74) is 0.849. The average molecular weight is 250 g/mol. The van der Waals surface area contributed by atoms with Gasteiger partial charge in [-0.1, -0.05) is 24.6 Å². The van der Waals surface area contributed by atoms with Gasteiger partial charge >= 0.3 is 0 Å². The molecule has 1 aromatic carbocycles. The van der Waals surface area contributed by atoms with Crippen LogP contribution in [0.3, 0.4) is 0 Å². The zero-order valence-corrected chi connectivity index (χ0v) is 11.3. The van der Waals surface area contributed by atoms with Crippen LogP contribution in [0.5, 0.6) is 0 Å². The normalized spacial score (nSPS) is 25.9. The maximum absolute atomic E-state index is 14.0. The van der Waals surface area contributed by atoms with E-state index >= 15 is 0 Å². The van der Waals surface area contributed by atoms with Crippen molar-refractivity contribution < 1.29 is 4.39 Å². The molecule has 0 bridgehead atoms. The Morgan fingerprint density at radius 2 is 2.11 bits per heavy atom. The van der Waals surface area contributed by atoms with Crippen molar-refractivity contribution >= 4 is 0 Å². The fourth-order valence-corrected chi connectivity index (χ4v) is 3.11. The first-order valence-electron chi connectivity index (χ1n) is 6.83. The highest BCUT2D eigenvalue weighted by Gasteiger charge is 2.30. The first-order valence-corrected chi connectivity index (χ1v) is 6.83. The molecule has 1 aliphatic heterocycles. The zero-order chi connectivity index (χ0) is 13.0. The lowest BCUT2D eigenvalue weighted by Crippen LogP contribution is -2.34. The van der Waals surface area contributed by atoms with E-state index in [9.17, 15) is 4.39 Å². The summed E-state index contributed by atoms with van der Waals surface area (Å²) in [7, 11) is 4.09. The molecule has 1 fully saturated rings. The maximum atomic E-state index is 14.0. The molecule has 2 nitrogen and oxygen atoms in total. The number of rotatable bonds is 3. The van der Waals surface area contributed by atoms with E-state index in [4.69, 9.17) is 0 Å². The molecule has 0 radical (unpaired) electrons. The minimum atomic E-state index is -0.0719. The predicted molar refractivity (Wildman–Crippen MR) is 73.0 cm³/mol. The van der Waals surface area contributed by atoms with Crippen LogP contribution in [-0.4, -0.2) is 32.1 Å². The van der Waals surface area contributed by atoms with Gasteiger partial charge in [0.2, 0.25) is 0 Å². The molecule has 0 aromatic heterocycles. The molecule has 3 heteroatoms. The van der Waals surface area contributed by atoms with Gasteiger partial charge in [-0.15, -0.1) is 0 Å². The molecule has 0 amide bonds. The molecule has 0 saturated carbocycles. The molecule has 0 spiro atoms. The van der Waals surface area contributed by atoms with E-state index in [1.807, 2.05) is 19.2 Å². The van der Waals surface area contributed by atoms with Crippen molar-refractivity contribution in [1.82, 2.24) is 10.2 Å². The largest absolute Gasteiger partial charge is 0.319 e. The van der Waals surface area contributed by atoms with Crippen LogP contribution >= 0.6 is 0 Å². The van der Waals surface area contributed by atoms with Crippen molar-refractivity contribution in [3.05, 3.63) is 35.6 Å². The van der Waals surface area contributed by atoms with Crippen molar-refractivity contribution in [3.63, 3.8) is 0 Å². The second-order valence-corrected chi connectivity index (χ2v) is 5.26. The molecule has 18 heavy (non-hydrogen) atoms. The van der Waals surface area contributed by atoms with Gasteiger partial charge in [-0.2, -0.15) is 0 Å². The Morgan fingerprint density at radius 1 is 1.33 bits per heavy atom. The van der Waals surface area contributed by atoms with E-state index in [-0.39, 0.29) is 11.9 Å². The first kappa shape index (κ1) is 13.5. The van der Waals surface area contributed by atoms with Crippen LogP contribution in [0.25, 0.3) is 0 Å². The van der Waals surface area contributed by atoms with E-state index < -0.39 is 0 Å². The van der Waals surface area contributed by atoms with Gasteiger partial charge in [0.1, 0.15) is 5.82 Å². The van der Waals surface area contributed by atoms with Crippen LogP contribution in [0.2, 0.25) is 0 Å². The molecule has 1 heterocycles. The third kappa shape index (κ3) is 2.90. The average Bonchev–Trinajstić information content (AvgIpc) is 2.53. The van der Waals surface area contributed by atoms with Crippen LogP contribution < -0.4 is 5.32 Å². The zero-order valence-electron chi connectivity index (χ0n) is 11.3.